The van der Waals surface area contributed by atoms with Gasteiger partial charge in [0.15, 0.2) is 0 Å². The average molecular weight is 514 g/mol. The third-order valence-electron chi connectivity index (χ3n) is 6.96. The highest BCUT2D eigenvalue weighted by Crippen LogP contribution is 2.25. The number of ether oxygens (including phenoxy) is 1. The van der Waals surface area contributed by atoms with Crippen LogP contribution in [0.5, 0.6) is 5.75 Å². The van der Waals surface area contributed by atoms with Crippen LogP contribution in [0.15, 0.2) is 42.5 Å². The molecule has 0 spiro atoms. The fraction of sp³-hybridized carbons (Fsp3) is 0.536. The van der Waals surface area contributed by atoms with Crippen LogP contribution in [0.1, 0.15) is 65.6 Å². The van der Waals surface area contributed by atoms with Crippen LogP contribution >= 0.6 is 0 Å². The van der Waals surface area contributed by atoms with Crippen molar-refractivity contribution in [3.8, 4) is 5.75 Å². The topological polar surface area (TPSA) is 79.0 Å². The van der Waals surface area contributed by atoms with Gasteiger partial charge >= 0.3 is 0 Å². The number of benzene rings is 2. The van der Waals surface area contributed by atoms with Crippen LogP contribution in [-0.2, 0) is 23.0 Å². The smallest absolute Gasteiger partial charge is 0.251 e. The second-order valence-electron chi connectivity index (χ2n) is 10.00. The Labute approximate surface area is 215 Å². The first kappa shape index (κ1) is 26.6. The summed E-state index contributed by atoms with van der Waals surface area (Å²) in [6, 6.07) is 14.1. The molecule has 2 aromatic rings. The highest BCUT2D eigenvalue weighted by molar-refractivity contribution is 7.89. The van der Waals surface area contributed by atoms with Gasteiger partial charge in [-0.25, -0.2) is 12.7 Å². The second-order valence-corrected chi connectivity index (χ2v) is 12.1. The number of amides is 1. The minimum absolute atomic E-state index is 0.0754. The molecule has 2 aromatic carbocycles. The molecule has 7 nitrogen and oxygen atoms in total. The van der Waals surface area contributed by atoms with Gasteiger partial charge in [0.25, 0.3) is 5.91 Å². The summed E-state index contributed by atoms with van der Waals surface area (Å²) in [6.45, 7) is 3.90. The molecule has 196 valence electrons. The van der Waals surface area contributed by atoms with E-state index in [1.807, 2.05) is 12.1 Å². The molecular formula is C28H39N3O4S. The zero-order valence-electron chi connectivity index (χ0n) is 21.4. The molecule has 36 heavy (non-hydrogen) atoms. The SMILES string of the molecule is CN1CCCCCOc2ccc(C(=O)NCCS(=O)(=O)N3CCCCC3)cc2Cc2cccc(c2)C1. The van der Waals surface area contributed by atoms with Gasteiger partial charge in [0, 0.05) is 38.2 Å². The van der Waals surface area contributed by atoms with Gasteiger partial charge < -0.3 is 15.0 Å². The van der Waals surface area contributed by atoms with Crippen LogP contribution in [0.25, 0.3) is 0 Å². The van der Waals surface area contributed by atoms with E-state index in [9.17, 15) is 13.2 Å². The van der Waals surface area contributed by atoms with Crippen LogP contribution in [0.2, 0.25) is 0 Å². The molecule has 4 rings (SSSR count). The zero-order valence-corrected chi connectivity index (χ0v) is 22.2. The lowest BCUT2D eigenvalue weighted by atomic mass is 9.99. The molecule has 1 fully saturated rings. The highest BCUT2D eigenvalue weighted by Gasteiger charge is 2.23. The van der Waals surface area contributed by atoms with Crippen molar-refractivity contribution in [1.29, 1.82) is 0 Å². The maximum Gasteiger partial charge on any atom is 0.251 e. The standard InChI is InChI=1S/C28H39N3O4S/c1-30-14-4-3-7-17-35-27-12-11-25(21-26(27)20-23-9-8-10-24(19-23)22-30)28(32)29-13-18-36(33,34)31-15-5-2-6-16-31/h8-12,19,21H,2-7,13-18,20,22H2,1H3,(H,29,32). The van der Waals surface area contributed by atoms with E-state index in [2.05, 4.69) is 41.5 Å². The molecule has 1 saturated heterocycles. The summed E-state index contributed by atoms with van der Waals surface area (Å²) in [5.74, 6) is 0.467. The lowest BCUT2D eigenvalue weighted by Crippen LogP contribution is -2.40. The normalized spacial score (nSPS) is 18.5. The largest absolute Gasteiger partial charge is 0.493 e. The maximum atomic E-state index is 12.9. The lowest BCUT2D eigenvalue weighted by molar-refractivity contribution is 0.0956. The number of carbonyl (C=O) groups is 1. The molecule has 0 radical (unpaired) electrons. The van der Waals surface area contributed by atoms with Crippen LogP contribution in [0, 0.1) is 0 Å². The molecule has 2 aliphatic heterocycles. The maximum absolute atomic E-state index is 12.9. The average Bonchev–Trinajstić information content (AvgIpc) is 2.87. The molecule has 0 atom stereocenters. The Morgan fingerprint density at radius 2 is 1.69 bits per heavy atom. The molecule has 0 saturated carbocycles. The van der Waals surface area contributed by atoms with Crippen molar-refractivity contribution in [1.82, 2.24) is 14.5 Å². The Hall–Kier alpha value is -2.42. The van der Waals surface area contributed by atoms with Gasteiger partial charge in [-0.15, -0.1) is 0 Å². The summed E-state index contributed by atoms with van der Waals surface area (Å²) < 4.78 is 32.9. The Bertz CT molecular complexity index is 1130. The van der Waals surface area contributed by atoms with Crippen molar-refractivity contribution in [2.24, 2.45) is 0 Å². The molecular weight excluding hydrogens is 474 g/mol. The minimum Gasteiger partial charge on any atom is -0.493 e. The van der Waals surface area contributed by atoms with Crippen LogP contribution in [-0.4, -0.2) is 69.1 Å². The lowest BCUT2D eigenvalue weighted by Gasteiger charge is -2.25. The quantitative estimate of drug-likeness (QED) is 0.658. The van der Waals surface area contributed by atoms with Crippen molar-refractivity contribution in [3.63, 3.8) is 0 Å². The molecule has 0 aromatic heterocycles. The molecule has 0 aliphatic carbocycles. The third kappa shape index (κ3) is 7.54. The van der Waals surface area contributed by atoms with Crippen molar-refractivity contribution in [3.05, 3.63) is 64.7 Å². The van der Waals surface area contributed by atoms with Gasteiger partial charge in [0.1, 0.15) is 5.75 Å². The van der Waals surface area contributed by atoms with Crippen LogP contribution in [0.4, 0.5) is 0 Å². The Balaban J connectivity index is 1.45. The van der Waals surface area contributed by atoms with Crippen LogP contribution in [0.3, 0.4) is 0 Å². The third-order valence-corrected chi connectivity index (χ3v) is 8.83. The Morgan fingerprint density at radius 3 is 2.53 bits per heavy atom. The van der Waals surface area contributed by atoms with Crippen molar-refractivity contribution < 1.29 is 17.9 Å². The number of piperidine rings is 1. The van der Waals surface area contributed by atoms with Gasteiger partial charge in [-0.3, -0.25) is 4.79 Å². The first-order valence-corrected chi connectivity index (χ1v) is 14.8. The van der Waals surface area contributed by atoms with Gasteiger partial charge in [-0.05, 0) is 80.6 Å². The number of hydrogen-bond donors (Lipinski definition) is 1. The van der Waals surface area contributed by atoms with E-state index in [0.29, 0.717) is 31.7 Å². The number of sulfonamides is 1. The van der Waals surface area contributed by atoms with Crippen molar-refractivity contribution >= 4 is 15.9 Å². The number of fused-ring (bicyclic) bond motifs is 3. The predicted octanol–water partition coefficient (Wildman–Crippen LogP) is 3.82. The van der Waals surface area contributed by atoms with E-state index in [-0.39, 0.29) is 18.2 Å². The van der Waals surface area contributed by atoms with Gasteiger partial charge in [-0.2, -0.15) is 0 Å². The van der Waals surface area contributed by atoms with Gasteiger partial charge in [0.2, 0.25) is 10.0 Å². The van der Waals surface area contributed by atoms with E-state index >= 15 is 0 Å². The molecule has 0 unspecified atom stereocenters. The summed E-state index contributed by atoms with van der Waals surface area (Å²) >= 11 is 0. The van der Waals surface area contributed by atoms with Crippen molar-refractivity contribution in [2.45, 2.75) is 51.5 Å². The molecule has 1 amide bonds. The Kier molecular flexibility index (Phi) is 9.40. The fourth-order valence-electron chi connectivity index (χ4n) is 4.96. The van der Waals surface area contributed by atoms with Gasteiger partial charge in [0.05, 0.1) is 12.4 Å². The molecule has 1 N–H and O–H groups in total. The predicted molar refractivity (Wildman–Crippen MR) is 143 cm³/mol. The molecule has 2 bridgehead atoms. The van der Waals surface area contributed by atoms with E-state index in [0.717, 1.165) is 62.9 Å². The summed E-state index contributed by atoms with van der Waals surface area (Å²) in [4.78, 5) is 15.3. The Morgan fingerprint density at radius 1 is 0.944 bits per heavy atom. The highest BCUT2D eigenvalue weighted by atomic mass is 32.2. The van der Waals surface area contributed by atoms with Crippen molar-refractivity contribution in [2.75, 3.05) is 45.6 Å². The van der Waals surface area contributed by atoms with E-state index in [4.69, 9.17) is 4.74 Å². The fourth-order valence-corrected chi connectivity index (χ4v) is 6.39. The zero-order chi connectivity index (χ0) is 25.4. The summed E-state index contributed by atoms with van der Waals surface area (Å²) in [5, 5.41) is 2.80. The molecule has 2 aliphatic rings. The van der Waals surface area contributed by atoms with Crippen LogP contribution < -0.4 is 10.1 Å². The number of hydrogen-bond acceptors (Lipinski definition) is 5. The monoisotopic (exact) mass is 513 g/mol. The first-order valence-electron chi connectivity index (χ1n) is 13.2. The summed E-state index contributed by atoms with van der Waals surface area (Å²) in [7, 11) is -1.18. The van der Waals surface area contributed by atoms with Gasteiger partial charge in [-0.1, -0.05) is 30.7 Å². The molecule has 8 heteroatoms. The van der Waals surface area contributed by atoms with E-state index in [1.165, 1.54) is 11.1 Å². The summed E-state index contributed by atoms with van der Waals surface area (Å²) in [5.41, 5.74) is 3.93. The second kappa shape index (κ2) is 12.7. The number of rotatable bonds is 5. The minimum atomic E-state index is -3.34. The van der Waals surface area contributed by atoms with E-state index < -0.39 is 10.0 Å². The number of nitrogens with zero attached hydrogens (tertiary/aromatic N) is 2. The number of nitrogens with one attached hydrogen (secondary N) is 1. The number of carbonyl (C=O) groups excluding carboxylic acids is 1. The summed E-state index contributed by atoms with van der Waals surface area (Å²) in [6.07, 6.45) is 6.79. The molecule has 2 heterocycles. The van der Waals surface area contributed by atoms with E-state index in [1.54, 1.807) is 10.4 Å². The first-order chi connectivity index (χ1) is 17.4.